The van der Waals surface area contributed by atoms with E-state index in [1.165, 1.54) is 0 Å². The molecule has 3 heterocycles. The van der Waals surface area contributed by atoms with E-state index in [9.17, 15) is 14.4 Å². The van der Waals surface area contributed by atoms with Crippen molar-refractivity contribution < 1.29 is 14.4 Å². The molecule has 2 aliphatic heterocycles. The van der Waals surface area contributed by atoms with Crippen LogP contribution in [0.3, 0.4) is 0 Å². The molecule has 27 heavy (non-hydrogen) atoms. The van der Waals surface area contributed by atoms with Crippen LogP contribution in [0, 0.1) is 0 Å². The zero-order valence-electron chi connectivity index (χ0n) is 15.6. The molecule has 1 spiro atoms. The smallest absolute Gasteiger partial charge is 0.325 e. The van der Waals surface area contributed by atoms with Gasteiger partial charge >= 0.3 is 6.03 Å². The molecule has 1 unspecified atom stereocenters. The number of nitrogens with one attached hydrogen (secondary N) is 2. The quantitative estimate of drug-likeness (QED) is 0.734. The third-order valence-corrected chi connectivity index (χ3v) is 5.97. The van der Waals surface area contributed by atoms with Crippen LogP contribution in [0.25, 0.3) is 0 Å². The summed E-state index contributed by atoms with van der Waals surface area (Å²) in [6, 6.07) is -0.658. The standard InChI is InChI=1S/C18H26N6O3/c1-22-9-8-20-15(22)13-11-19-7-10-23(13)14(25)12-24-16(26)18(21-17(24)27)5-3-2-4-6-18/h8-9,13,19H,2-7,10-12H2,1H3,(H,21,27). The predicted molar refractivity (Wildman–Crippen MR) is 96.6 cm³/mol. The number of amides is 4. The van der Waals surface area contributed by atoms with Gasteiger partial charge < -0.3 is 20.1 Å². The molecule has 0 radical (unpaired) electrons. The second-order valence-electron chi connectivity index (χ2n) is 7.67. The summed E-state index contributed by atoms with van der Waals surface area (Å²) in [6.45, 7) is 1.58. The highest BCUT2D eigenvalue weighted by Crippen LogP contribution is 2.33. The number of piperazine rings is 1. The Labute approximate surface area is 158 Å². The first kappa shape index (κ1) is 18.0. The molecule has 1 atom stereocenters. The molecular weight excluding hydrogens is 348 g/mol. The third-order valence-electron chi connectivity index (χ3n) is 5.97. The van der Waals surface area contributed by atoms with Crippen molar-refractivity contribution in [1.82, 2.24) is 30.0 Å². The maximum absolute atomic E-state index is 13.0. The molecular formula is C18H26N6O3. The van der Waals surface area contributed by atoms with E-state index in [0.29, 0.717) is 32.5 Å². The Hall–Kier alpha value is -2.42. The van der Waals surface area contributed by atoms with Crippen molar-refractivity contribution in [2.24, 2.45) is 7.05 Å². The van der Waals surface area contributed by atoms with E-state index in [1.807, 2.05) is 17.8 Å². The molecule has 9 heteroatoms. The summed E-state index contributed by atoms with van der Waals surface area (Å²) >= 11 is 0. The lowest BCUT2D eigenvalue weighted by atomic mass is 9.82. The largest absolute Gasteiger partial charge is 0.336 e. The maximum atomic E-state index is 13.0. The fraction of sp³-hybridized carbons (Fsp3) is 0.667. The molecule has 4 amide bonds. The molecule has 1 aromatic rings. The average molecular weight is 374 g/mol. The number of aryl methyl sites for hydroxylation is 1. The van der Waals surface area contributed by atoms with Gasteiger partial charge in [0, 0.05) is 39.1 Å². The van der Waals surface area contributed by atoms with E-state index in [4.69, 9.17) is 0 Å². The number of carbonyl (C=O) groups excluding carboxylic acids is 3. The van der Waals surface area contributed by atoms with E-state index in [2.05, 4.69) is 15.6 Å². The second-order valence-corrected chi connectivity index (χ2v) is 7.67. The van der Waals surface area contributed by atoms with Crippen molar-refractivity contribution in [3.63, 3.8) is 0 Å². The molecule has 3 aliphatic rings. The van der Waals surface area contributed by atoms with Gasteiger partial charge in [-0.1, -0.05) is 19.3 Å². The van der Waals surface area contributed by atoms with Crippen LogP contribution in [-0.4, -0.2) is 68.9 Å². The van der Waals surface area contributed by atoms with Crippen LogP contribution in [0.2, 0.25) is 0 Å². The molecule has 2 saturated heterocycles. The summed E-state index contributed by atoms with van der Waals surface area (Å²) in [6.07, 6.45) is 7.79. The minimum Gasteiger partial charge on any atom is -0.336 e. The van der Waals surface area contributed by atoms with Crippen LogP contribution in [-0.2, 0) is 16.6 Å². The van der Waals surface area contributed by atoms with Gasteiger partial charge in [-0.3, -0.25) is 14.5 Å². The highest BCUT2D eigenvalue weighted by molar-refractivity contribution is 6.09. The average Bonchev–Trinajstić information content (AvgIpc) is 3.19. The molecule has 0 bridgehead atoms. The lowest BCUT2D eigenvalue weighted by Gasteiger charge is -2.36. The van der Waals surface area contributed by atoms with Crippen molar-refractivity contribution in [3.05, 3.63) is 18.2 Å². The minimum absolute atomic E-state index is 0.212. The first-order chi connectivity index (χ1) is 13.0. The summed E-state index contributed by atoms with van der Waals surface area (Å²) in [5.74, 6) is 0.321. The van der Waals surface area contributed by atoms with Crippen molar-refractivity contribution in [1.29, 1.82) is 0 Å². The van der Waals surface area contributed by atoms with Crippen molar-refractivity contribution in [3.8, 4) is 0 Å². The Bertz CT molecular complexity index is 754. The van der Waals surface area contributed by atoms with Crippen molar-refractivity contribution >= 4 is 17.8 Å². The van der Waals surface area contributed by atoms with E-state index in [1.54, 1.807) is 11.1 Å². The third kappa shape index (κ3) is 3.09. The zero-order valence-corrected chi connectivity index (χ0v) is 15.6. The van der Waals surface area contributed by atoms with Crippen LogP contribution in [0.1, 0.15) is 44.0 Å². The van der Waals surface area contributed by atoms with Gasteiger partial charge in [-0.15, -0.1) is 0 Å². The van der Waals surface area contributed by atoms with E-state index < -0.39 is 11.6 Å². The second kappa shape index (κ2) is 6.95. The topological polar surface area (TPSA) is 99.6 Å². The Morgan fingerprint density at radius 3 is 2.78 bits per heavy atom. The van der Waals surface area contributed by atoms with Crippen molar-refractivity contribution in [2.75, 3.05) is 26.2 Å². The van der Waals surface area contributed by atoms with Crippen LogP contribution < -0.4 is 10.6 Å². The van der Waals surface area contributed by atoms with Gasteiger partial charge in [0.1, 0.15) is 23.9 Å². The molecule has 2 N–H and O–H groups in total. The number of imide groups is 1. The van der Waals surface area contributed by atoms with Gasteiger partial charge in [0.25, 0.3) is 5.91 Å². The monoisotopic (exact) mass is 374 g/mol. The summed E-state index contributed by atoms with van der Waals surface area (Å²) in [4.78, 5) is 45.6. The van der Waals surface area contributed by atoms with Gasteiger partial charge in [-0.25, -0.2) is 9.78 Å². The first-order valence-corrected chi connectivity index (χ1v) is 9.63. The molecule has 146 valence electrons. The zero-order chi connectivity index (χ0) is 19.0. The summed E-state index contributed by atoms with van der Waals surface area (Å²) < 4.78 is 1.89. The number of carbonyl (C=O) groups is 3. The van der Waals surface area contributed by atoms with E-state index in [0.717, 1.165) is 30.0 Å². The van der Waals surface area contributed by atoms with E-state index in [-0.39, 0.29) is 24.4 Å². The summed E-state index contributed by atoms with van der Waals surface area (Å²) in [7, 11) is 1.89. The Morgan fingerprint density at radius 2 is 2.07 bits per heavy atom. The molecule has 1 aromatic heterocycles. The van der Waals surface area contributed by atoms with Crippen molar-refractivity contribution in [2.45, 2.75) is 43.7 Å². The number of aromatic nitrogens is 2. The highest BCUT2D eigenvalue weighted by atomic mass is 16.2. The molecule has 1 saturated carbocycles. The number of nitrogens with zero attached hydrogens (tertiary/aromatic N) is 4. The lowest BCUT2D eigenvalue weighted by molar-refractivity contribution is -0.141. The normalized spacial score (nSPS) is 25.1. The fourth-order valence-corrected chi connectivity index (χ4v) is 4.47. The Morgan fingerprint density at radius 1 is 1.30 bits per heavy atom. The Kier molecular flexibility index (Phi) is 4.63. The van der Waals surface area contributed by atoms with Gasteiger partial charge in [0.15, 0.2) is 0 Å². The van der Waals surface area contributed by atoms with Gasteiger partial charge in [-0.05, 0) is 12.8 Å². The first-order valence-electron chi connectivity index (χ1n) is 9.63. The number of urea groups is 1. The highest BCUT2D eigenvalue weighted by Gasteiger charge is 2.52. The van der Waals surface area contributed by atoms with Crippen LogP contribution >= 0.6 is 0 Å². The van der Waals surface area contributed by atoms with Crippen LogP contribution in [0.5, 0.6) is 0 Å². The molecule has 4 rings (SSSR count). The summed E-state index contributed by atoms with van der Waals surface area (Å²) in [5.41, 5.74) is -0.794. The maximum Gasteiger partial charge on any atom is 0.325 e. The predicted octanol–water partition coefficient (Wildman–Crippen LogP) is 0.148. The van der Waals surface area contributed by atoms with Gasteiger partial charge in [0.05, 0.1) is 0 Å². The van der Waals surface area contributed by atoms with Gasteiger partial charge in [0.2, 0.25) is 5.91 Å². The number of hydrogen-bond acceptors (Lipinski definition) is 5. The lowest BCUT2D eigenvalue weighted by Crippen LogP contribution is -2.53. The van der Waals surface area contributed by atoms with Crippen LogP contribution in [0.4, 0.5) is 4.79 Å². The van der Waals surface area contributed by atoms with Crippen LogP contribution in [0.15, 0.2) is 12.4 Å². The molecule has 1 aliphatic carbocycles. The van der Waals surface area contributed by atoms with Gasteiger partial charge in [-0.2, -0.15) is 0 Å². The number of rotatable bonds is 3. The number of imidazole rings is 1. The molecule has 0 aromatic carbocycles. The van der Waals surface area contributed by atoms with E-state index >= 15 is 0 Å². The SMILES string of the molecule is Cn1ccnc1C1CNCCN1C(=O)CN1C(=O)NC2(CCCCC2)C1=O. The fourth-order valence-electron chi connectivity index (χ4n) is 4.47. The molecule has 9 nitrogen and oxygen atoms in total. The minimum atomic E-state index is -0.794. The molecule has 3 fully saturated rings. The summed E-state index contributed by atoms with van der Waals surface area (Å²) in [5, 5.41) is 6.15. The Balaban J connectivity index is 1.50. The number of hydrogen-bond donors (Lipinski definition) is 2.